The van der Waals surface area contributed by atoms with Gasteiger partial charge in [-0.25, -0.2) is 0 Å². The zero-order valence-corrected chi connectivity index (χ0v) is 9.05. The number of aromatic nitrogens is 2. The maximum atomic E-state index is 8.73. The molecular weight excluding hydrogens is 218 g/mol. The molecular formula is C11H11N5O. The van der Waals surface area contributed by atoms with Crippen LogP contribution < -0.4 is 11.1 Å². The molecule has 0 aliphatic heterocycles. The van der Waals surface area contributed by atoms with E-state index in [1.54, 1.807) is 12.1 Å². The molecule has 3 N–H and O–H groups in total. The third-order valence-electron chi connectivity index (χ3n) is 2.26. The van der Waals surface area contributed by atoms with Crippen LogP contribution >= 0.6 is 0 Å². The molecule has 1 heterocycles. The van der Waals surface area contributed by atoms with Crippen molar-refractivity contribution in [1.29, 1.82) is 5.26 Å². The zero-order chi connectivity index (χ0) is 12.1. The summed E-state index contributed by atoms with van der Waals surface area (Å²) in [6, 6.07) is 7.24. The lowest BCUT2D eigenvalue weighted by Crippen LogP contribution is -2.06. The smallest absolute Gasteiger partial charge is 0.213 e. The van der Waals surface area contributed by atoms with Gasteiger partial charge >= 0.3 is 0 Å². The summed E-state index contributed by atoms with van der Waals surface area (Å²) >= 11 is 0. The van der Waals surface area contributed by atoms with E-state index in [0.29, 0.717) is 30.0 Å². The first-order chi connectivity index (χ1) is 8.29. The van der Waals surface area contributed by atoms with Crippen LogP contribution in [-0.4, -0.2) is 16.7 Å². The first kappa shape index (κ1) is 11.0. The quantitative estimate of drug-likeness (QED) is 0.763. The van der Waals surface area contributed by atoms with Crippen molar-refractivity contribution in [3.05, 3.63) is 36.0 Å². The first-order valence-electron chi connectivity index (χ1n) is 5.08. The molecule has 0 saturated carbocycles. The Balaban J connectivity index is 1.91. The molecule has 1 aromatic heterocycles. The Morgan fingerprint density at radius 2 is 2.35 bits per heavy atom. The molecule has 0 aliphatic rings. The Labute approximate surface area is 98.1 Å². The molecule has 1 aromatic carbocycles. The molecule has 0 spiro atoms. The molecule has 2 aromatic rings. The van der Waals surface area contributed by atoms with Crippen LogP contribution in [0.2, 0.25) is 0 Å². The Morgan fingerprint density at radius 1 is 1.47 bits per heavy atom. The molecule has 6 nitrogen and oxygen atoms in total. The zero-order valence-electron chi connectivity index (χ0n) is 9.05. The van der Waals surface area contributed by atoms with Gasteiger partial charge in [0.25, 0.3) is 0 Å². The van der Waals surface area contributed by atoms with Gasteiger partial charge < -0.3 is 15.6 Å². The number of rotatable bonds is 4. The number of benzene rings is 1. The summed E-state index contributed by atoms with van der Waals surface area (Å²) < 4.78 is 4.62. The minimum Gasteiger partial charge on any atom is -0.398 e. The van der Waals surface area contributed by atoms with Crippen molar-refractivity contribution >= 4 is 11.4 Å². The summed E-state index contributed by atoms with van der Waals surface area (Å²) in [4.78, 5) is 3.91. The fourth-order valence-electron chi connectivity index (χ4n) is 1.40. The van der Waals surface area contributed by atoms with E-state index in [9.17, 15) is 0 Å². The number of nitriles is 1. The average Bonchev–Trinajstić information content (AvgIpc) is 2.82. The number of hydrogen-bond acceptors (Lipinski definition) is 6. The van der Waals surface area contributed by atoms with Crippen molar-refractivity contribution in [3.8, 4) is 6.07 Å². The summed E-state index contributed by atoms with van der Waals surface area (Å²) in [6.07, 6.45) is 1.96. The van der Waals surface area contributed by atoms with E-state index in [1.165, 1.54) is 6.39 Å². The van der Waals surface area contributed by atoms with Crippen molar-refractivity contribution in [2.45, 2.75) is 6.42 Å². The maximum absolute atomic E-state index is 8.73. The highest BCUT2D eigenvalue weighted by Gasteiger charge is 2.01. The Morgan fingerprint density at radius 3 is 3.00 bits per heavy atom. The minimum absolute atomic E-state index is 0.470. The summed E-state index contributed by atoms with van der Waals surface area (Å²) in [5, 5.41) is 15.6. The third kappa shape index (κ3) is 2.72. The highest BCUT2D eigenvalue weighted by molar-refractivity contribution is 5.62. The van der Waals surface area contributed by atoms with E-state index in [0.717, 1.165) is 5.69 Å². The van der Waals surface area contributed by atoms with Crippen molar-refractivity contribution in [2.24, 2.45) is 0 Å². The van der Waals surface area contributed by atoms with Gasteiger partial charge in [0, 0.05) is 18.7 Å². The summed E-state index contributed by atoms with van der Waals surface area (Å²) in [5.74, 6) is 0.652. The second-order valence-corrected chi connectivity index (χ2v) is 3.44. The second kappa shape index (κ2) is 4.99. The van der Waals surface area contributed by atoms with Crippen LogP contribution in [0.25, 0.3) is 0 Å². The number of nitrogens with two attached hydrogens (primary N) is 1. The van der Waals surface area contributed by atoms with Crippen LogP contribution in [0.1, 0.15) is 11.4 Å². The van der Waals surface area contributed by atoms with Crippen LogP contribution in [0, 0.1) is 11.3 Å². The van der Waals surface area contributed by atoms with E-state index in [4.69, 9.17) is 11.0 Å². The Bertz CT molecular complexity index is 529. The van der Waals surface area contributed by atoms with Crippen LogP contribution in [0.3, 0.4) is 0 Å². The van der Waals surface area contributed by atoms with Crippen molar-refractivity contribution in [1.82, 2.24) is 10.1 Å². The Kier molecular flexibility index (Phi) is 3.21. The van der Waals surface area contributed by atoms with Gasteiger partial charge in [0.05, 0.1) is 11.3 Å². The fourth-order valence-corrected chi connectivity index (χ4v) is 1.40. The predicted octanol–water partition coefficient (Wildman–Crippen LogP) is 1.18. The second-order valence-electron chi connectivity index (χ2n) is 3.44. The van der Waals surface area contributed by atoms with Gasteiger partial charge in [-0.15, -0.1) is 0 Å². The number of nitrogens with zero attached hydrogens (tertiary/aromatic N) is 3. The average molecular weight is 229 g/mol. The summed E-state index contributed by atoms with van der Waals surface area (Å²) in [7, 11) is 0. The normalized spacial score (nSPS) is 9.82. The van der Waals surface area contributed by atoms with Crippen molar-refractivity contribution in [2.75, 3.05) is 17.6 Å². The van der Waals surface area contributed by atoms with Gasteiger partial charge in [-0.1, -0.05) is 5.16 Å². The standard InChI is InChI=1S/C11H11N5O/c12-6-8-1-2-9(5-10(8)13)14-4-3-11-15-7-17-16-11/h1-2,5,7,14H,3-4,13H2. The molecule has 86 valence electrons. The highest BCUT2D eigenvalue weighted by atomic mass is 16.5. The predicted molar refractivity (Wildman–Crippen MR) is 62.1 cm³/mol. The van der Waals surface area contributed by atoms with E-state index in [1.807, 2.05) is 12.1 Å². The van der Waals surface area contributed by atoms with Gasteiger partial charge in [0.2, 0.25) is 6.39 Å². The Hall–Kier alpha value is -2.55. The van der Waals surface area contributed by atoms with E-state index < -0.39 is 0 Å². The van der Waals surface area contributed by atoms with Gasteiger partial charge in [-0.3, -0.25) is 0 Å². The summed E-state index contributed by atoms with van der Waals surface area (Å²) in [6.45, 7) is 0.672. The molecule has 0 saturated heterocycles. The lowest BCUT2D eigenvalue weighted by atomic mass is 10.2. The number of nitrogens with one attached hydrogen (secondary N) is 1. The third-order valence-corrected chi connectivity index (χ3v) is 2.26. The van der Waals surface area contributed by atoms with Crippen molar-refractivity contribution in [3.63, 3.8) is 0 Å². The van der Waals surface area contributed by atoms with Gasteiger partial charge in [0.1, 0.15) is 6.07 Å². The number of anilines is 2. The summed E-state index contributed by atoms with van der Waals surface area (Å²) in [5.41, 5.74) is 7.51. The van der Waals surface area contributed by atoms with Crippen molar-refractivity contribution < 1.29 is 4.52 Å². The van der Waals surface area contributed by atoms with Gasteiger partial charge in [-0.05, 0) is 18.2 Å². The maximum Gasteiger partial charge on any atom is 0.213 e. The van der Waals surface area contributed by atoms with E-state index in [2.05, 4.69) is 20.0 Å². The van der Waals surface area contributed by atoms with Gasteiger partial charge in [0.15, 0.2) is 5.82 Å². The lowest BCUT2D eigenvalue weighted by Gasteiger charge is -2.06. The molecule has 6 heteroatoms. The lowest BCUT2D eigenvalue weighted by molar-refractivity contribution is 0.410. The molecule has 0 bridgehead atoms. The van der Waals surface area contributed by atoms with E-state index in [-0.39, 0.29) is 0 Å². The molecule has 0 fully saturated rings. The molecule has 0 atom stereocenters. The van der Waals surface area contributed by atoms with Crippen LogP contribution in [-0.2, 0) is 6.42 Å². The molecule has 0 amide bonds. The van der Waals surface area contributed by atoms with E-state index >= 15 is 0 Å². The first-order valence-corrected chi connectivity index (χ1v) is 5.08. The highest BCUT2D eigenvalue weighted by Crippen LogP contribution is 2.16. The fraction of sp³-hybridized carbons (Fsp3) is 0.182. The largest absolute Gasteiger partial charge is 0.398 e. The molecule has 17 heavy (non-hydrogen) atoms. The molecule has 0 aliphatic carbocycles. The molecule has 2 rings (SSSR count). The monoisotopic (exact) mass is 229 g/mol. The van der Waals surface area contributed by atoms with Gasteiger partial charge in [-0.2, -0.15) is 10.2 Å². The SMILES string of the molecule is N#Cc1ccc(NCCc2ncon2)cc1N. The topological polar surface area (TPSA) is 101 Å². The van der Waals surface area contributed by atoms with Crippen LogP contribution in [0.15, 0.2) is 29.1 Å². The molecule has 0 radical (unpaired) electrons. The number of hydrogen-bond donors (Lipinski definition) is 2. The van der Waals surface area contributed by atoms with Crippen LogP contribution in [0.5, 0.6) is 0 Å². The van der Waals surface area contributed by atoms with Crippen LogP contribution in [0.4, 0.5) is 11.4 Å². The molecule has 0 unspecified atom stereocenters. The number of nitrogen functional groups attached to an aromatic ring is 1. The minimum atomic E-state index is 0.470.